The van der Waals surface area contributed by atoms with E-state index >= 15 is 0 Å². The Morgan fingerprint density at radius 2 is 1.80 bits per heavy atom. The van der Waals surface area contributed by atoms with E-state index in [1.165, 1.54) is 33.2 Å². The zero-order chi connectivity index (χ0) is 30.0. The number of methoxy groups -OCH3 is 1. The van der Waals surface area contributed by atoms with Gasteiger partial charge in [0.25, 0.3) is 0 Å². The van der Waals surface area contributed by atoms with Crippen molar-refractivity contribution in [1.82, 2.24) is 9.78 Å². The highest BCUT2D eigenvalue weighted by Crippen LogP contribution is 2.44. The summed E-state index contributed by atoms with van der Waals surface area (Å²) < 4.78 is 69.0. The molecule has 4 rings (SSSR count). The number of fused-ring (bicyclic) bond motifs is 1. The van der Waals surface area contributed by atoms with Crippen molar-refractivity contribution in [3.8, 4) is 11.4 Å². The molecule has 0 aliphatic rings. The summed E-state index contributed by atoms with van der Waals surface area (Å²) in [4.78, 5) is 12.2. The predicted octanol–water partition coefficient (Wildman–Crippen LogP) is 6.42. The van der Waals surface area contributed by atoms with Crippen molar-refractivity contribution in [2.75, 3.05) is 25.6 Å². The molecule has 0 radical (unpaired) electrons. The van der Waals surface area contributed by atoms with Crippen LogP contribution in [0.2, 0.25) is 0 Å². The van der Waals surface area contributed by atoms with Crippen LogP contribution in [0.15, 0.2) is 66.9 Å². The molecule has 0 spiro atoms. The van der Waals surface area contributed by atoms with Crippen molar-refractivity contribution < 1.29 is 36.9 Å². The third kappa shape index (κ3) is 6.14. The van der Waals surface area contributed by atoms with Gasteiger partial charge < -0.3 is 19.9 Å². The smallest absolute Gasteiger partial charge is 0.418 e. The molecule has 4 aromatic rings. The standard InChI is InChI=1S/C30H31F4N3O4/c1-5-41-27(38)19-8-6-9-21(14-19)37-25-11-7-10-24(22(25)16-36-37)35-18-29(39,30(32,33)34)17-28(2,3)23-15-20(31)12-13-26(23)40-4/h6-16,35,39H,5,17-18H2,1-4H3. The van der Waals surface area contributed by atoms with Gasteiger partial charge in [-0.2, -0.15) is 18.3 Å². The van der Waals surface area contributed by atoms with Crippen LogP contribution in [-0.4, -0.2) is 52.9 Å². The highest BCUT2D eigenvalue weighted by Gasteiger charge is 2.56. The second kappa shape index (κ2) is 11.4. The normalized spacial score (nSPS) is 13.6. The number of aromatic nitrogens is 2. The maximum absolute atomic E-state index is 14.4. The van der Waals surface area contributed by atoms with Crippen LogP contribution in [0.3, 0.4) is 0 Å². The molecule has 0 amide bonds. The zero-order valence-electron chi connectivity index (χ0n) is 23.1. The Balaban J connectivity index is 1.64. The van der Waals surface area contributed by atoms with Crippen LogP contribution in [0.25, 0.3) is 16.6 Å². The van der Waals surface area contributed by atoms with Gasteiger partial charge in [-0.15, -0.1) is 0 Å². The third-order valence-corrected chi connectivity index (χ3v) is 6.94. The van der Waals surface area contributed by atoms with Gasteiger partial charge in [0.1, 0.15) is 11.6 Å². The van der Waals surface area contributed by atoms with Crippen LogP contribution in [0, 0.1) is 5.82 Å². The number of carbonyl (C=O) groups excluding carboxylic acids is 1. The molecule has 1 aromatic heterocycles. The number of hydrogen-bond donors (Lipinski definition) is 2. The largest absolute Gasteiger partial charge is 0.496 e. The number of esters is 1. The monoisotopic (exact) mass is 573 g/mol. The maximum Gasteiger partial charge on any atom is 0.418 e. The lowest BCUT2D eigenvalue weighted by Gasteiger charge is -2.38. The van der Waals surface area contributed by atoms with Crippen molar-refractivity contribution in [3.63, 3.8) is 0 Å². The first-order valence-electron chi connectivity index (χ1n) is 12.9. The molecule has 0 aliphatic carbocycles. The van der Waals surface area contributed by atoms with Gasteiger partial charge in [0.2, 0.25) is 0 Å². The van der Waals surface area contributed by atoms with E-state index in [9.17, 15) is 27.5 Å². The SMILES string of the molecule is CCOC(=O)c1cccc(-n2ncc3c(NCC(O)(CC(C)(C)c4cc(F)ccc4OC)C(F)(F)F)cccc32)c1. The predicted molar refractivity (Wildman–Crippen MR) is 147 cm³/mol. The van der Waals surface area contributed by atoms with E-state index < -0.39 is 41.9 Å². The first-order chi connectivity index (χ1) is 19.3. The van der Waals surface area contributed by atoms with Gasteiger partial charge in [0, 0.05) is 16.6 Å². The molecule has 0 saturated carbocycles. The molecule has 1 heterocycles. The Hall–Kier alpha value is -4.12. The van der Waals surface area contributed by atoms with Gasteiger partial charge in [-0.3, -0.25) is 0 Å². The Labute approximate surface area is 234 Å². The summed E-state index contributed by atoms with van der Waals surface area (Å²) in [6.07, 6.45) is -4.29. The van der Waals surface area contributed by atoms with Crippen molar-refractivity contribution in [3.05, 3.63) is 83.8 Å². The minimum absolute atomic E-state index is 0.205. The summed E-state index contributed by atoms with van der Waals surface area (Å²) in [7, 11) is 1.35. The van der Waals surface area contributed by atoms with Crippen LogP contribution < -0.4 is 10.1 Å². The first kappa shape index (κ1) is 29.9. The average molecular weight is 574 g/mol. The summed E-state index contributed by atoms with van der Waals surface area (Å²) >= 11 is 0. The Kier molecular flexibility index (Phi) is 8.30. The number of rotatable bonds is 10. The van der Waals surface area contributed by atoms with E-state index in [1.807, 2.05) is 0 Å². The second-order valence-electron chi connectivity index (χ2n) is 10.4. The van der Waals surface area contributed by atoms with E-state index in [0.717, 1.165) is 12.1 Å². The minimum Gasteiger partial charge on any atom is -0.496 e. The Bertz CT molecular complexity index is 1550. The molecule has 0 aliphatic heterocycles. The molecule has 1 atom stereocenters. The highest BCUT2D eigenvalue weighted by molar-refractivity contribution is 5.93. The number of aliphatic hydroxyl groups is 1. The molecule has 218 valence electrons. The molecule has 0 bridgehead atoms. The molecule has 11 heteroatoms. The number of nitrogens with one attached hydrogen (secondary N) is 1. The molecule has 2 N–H and O–H groups in total. The fourth-order valence-corrected chi connectivity index (χ4v) is 4.93. The van der Waals surface area contributed by atoms with Crippen LogP contribution in [0.1, 0.15) is 43.1 Å². The number of nitrogens with zero attached hydrogens (tertiary/aromatic N) is 2. The van der Waals surface area contributed by atoms with Gasteiger partial charge >= 0.3 is 12.1 Å². The molecule has 7 nitrogen and oxygen atoms in total. The van der Waals surface area contributed by atoms with Gasteiger partial charge in [-0.1, -0.05) is 26.0 Å². The molecular formula is C30H31F4N3O4. The van der Waals surface area contributed by atoms with Gasteiger partial charge in [-0.25, -0.2) is 13.9 Å². The number of carbonyl (C=O) groups is 1. The van der Waals surface area contributed by atoms with E-state index in [4.69, 9.17) is 9.47 Å². The van der Waals surface area contributed by atoms with Gasteiger partial charge in [0.15, 0.2) is 5.60 Å². The summed E-state index contributed by atoms with van der Waals surface area (Å²) in [5, 5.41) is 18.7. The number of anilines is 1. The molecule has 0 saturated heterocycles. The fraction of sp³-hybridized carbons (Fsp3) is 0.333. The van der Waals surface area contributed by atoms with Crippen LogP contribution in [0.5, 0.6) is 5.75 Å². The first-order valence-corrected chi connectivity index (χ1v) is 12.9. The summed E-state index contributed by atoms with van der Waals surface area (Å²) in [6.45, 7) is 4.04. The summed E-state index contributed by atoms with van der Waals surface area (Å²) in [5.41, 5.74) is -2.53. The maximum atomic E-state index is 14.4. The molecular weight excluding hydrogens is 542 g/mol. The number of alkyl halides is 3. The van der Waals surface area contributed by atoms with Crippen molar-refractivity contribution in [2.45, 2.75) is 44.4 Å². The lowest BCUT2D eigenvalue weighted by Crippen LogP contribution is -2.53. The molecule has 0 fully saturated rings. The number of halogens is 4. The lowest BCUT2D eigenvalue weighted by atomic mass is 9.74. The van der Waals surface area contributed by atoms with E-state index in [2.05, 4.69) is 10.4 Å². The van der Waals surface area contributed by atoms with Crippen molar-refractivity contribution in [2.24, 2.45) is 0 Å². The number of benzene rings is 3. The van der Waals surface area contributed by atoms with Gasteiger partial charge in [0.05, 0.1) is 43.2 Å². The van der Waals surface area contributed by atoms with Crippen LogP contribution >= 0.6 is 0 Å². The highest BCUT2D eigenvalue weighted by atomic mass is 19.4. The Morgan fingerprint density at radius 3 is 2.49 bits per heavy atom. The Morgan fingerprint density at radius 1 is 1.07 bits per heavy atom. The van der Waals surface area contributed by atoms with Crippen molar-refractivity contribution >= 4 is 22.6 Å². The van der Waals surface area contributed by atoms with Crippen LogP contribution in [-0.2, 0) is 10.2 Å². The van der Waals surface area contributed by atoms with Crippen LogP contribution in [0.4, 0.5) is 23.2 Å². The lowest BCUT2D eigenvalue weighted by molar-refractivity contribution is -0.260. The average Bonchev–Trinajstić information content (AvgIpc) is 3.36. The third-order valence-electron chi connectivity index (χ3n) is 6.94. The zero-order valence-corrected chi connectivity index (χ0v) is 23.1. The molecule has 41 heavy (non-hydrogen) atoms. The molecule has 1 unspecified atom stereocenters. The quantitative estimate of drug-likeness (QED) is 0.168. The number of hydrogen-bond acceptors (Lipinski definition) is 6. The number of ether oxygens (including phenoxy) is 2. The molecule has 3 aromatic carbocycles. The summed E-state index contributed by atoms with van der Waals surface area (Å²) in [6, 6.07) is 15.2. The van der Waals surface area contributed by atoms with Crippen molar-refractivity contribution in [1.29, 1.82) is 0 Å². The summed E-state index contributed by atoms with van der Waals surface area (Å²) in [5.74, 6) is -0.893. The van der Waals surface area contributed by atoms with E-state index in [-0.39, 0.29) is 17.9 Å². The fourth-order valence-electron chi connectivity index (χ4n) is 4.93. The second-order valence-corrected chi connectivity index (χ2v) is 10.4. The topological polar surface area (TPSA) is 85.6 Å². The van der Waals surface area contributed by atoms with Gasteiger partial charge in [-0.05, 0) is 67.3 Å². The van der Waals surface area contributed by atoms with E-state index in [1.54, 1.807) is 54.1 Å². The van der Waals surface area contributed by atoms with E-state index in [0.29, 0.717) is 27.8 Å². The minimum atomic E-state index is -5.01.